The van der Waals surface area contributed by atoms with E-state index in [-0.39, 0.29) is 12.6 Å². The van der Waals surface area contributed by atoms with Gasteiger partial charge in [0.05, 0.1) is 5.41 Å². The topological polar surface area (TPSA) is 69.6 Å². The molecule has 2 amide bonds. The zero-order valence-electron chi connectivity index (χ0n) is 11.9. The molecule has 2 rings (SSSR count). The van der Waals surface area contributed by atoms with Crippen molar-refractivity contribution in [1.82, 2.24) is 10.2 Å². The predicted molar refractivity (Wildman–Crippen MR) is 83.2 cm³/mol. The van der Waals surface area contributed by atoms with Crippen molar-refractivity contribution in [3.63, 3.8) is 0 Å². The maximum atomic E-state index is 12.0. The number of likely N-dealkylation sites (tertiary alicyclic amines) is 1. The molecule has 2 N–H and O–H groups in total. The van der Waals surface area contributed by atoms with E-state index in [0.717, 1.165) is 16.5 Å². The number of halogens is 1. The number of nitrogens with one attached hydrogen (secondary N) is 1. The van der Waals surface area contributed by atoms with Crippen LogP contribution >= 0.6 is 15.9 Å². The number of amides is 2. The second kappa shape index (κ2) is 6.47. The van der Waals surface area contributed by atoms with Crippen LogP contribution in [0.4, 0.5) is 4.79 Å². The van der Waals surface area contributed by atoms with Crippen LogP contribution in [0.25, 0.3) is 0 Å². The van der Waals surface area contributed by atoms with Gasteiger partial charge in [0, 0.05) is 24.1 Å². The van der Waals surface area contributed by atoms with Gasteiger partial charge in [-0.1, -0.05) is 34.1 Å². The summed E-state index contributed by atoms with van der Waals surface area (Å²) >= 11 is 3.47. The molecule has 1 aromatic carbocycles. The van der Waals surface area contributed by atoms with Crippen molar-refractivity contribution in [2.45, 2.75) is 19.8 Å². The first kappa shape index (κ1) is 15.8. The number of hydrogen-bond donors (Lipinski definition) is 2. The zero-order chi connectivity index (χ0) is 15.5. The quantitative estimate of drug-likeness (QED) is 0.872. The van der Waals surface area contributed by atoms with Crippen LogP contribution in [0.2, 0.25) is 0 Å². The van der Waals surface area contributed by atoms with Crippen molar-refractivity contribution in [3.05, 3.63) is 34.3 Å². The Kier molecular flexibility index (Phi) is 4.88. The van der Waals surface area contributed by atoms with E-state index < -0.39 is 11.4 Å². The van der Waals surface area contributed by atoms with Crippen molar-refractivity contribution in [1.29, 1.82) is 0 Å². The SMILES string of the molecule is CC1(C(=O)O)CCN(C(=O)NCCc2ccccc2Br)C1. The zero-order valence-corrected chi connectivity index (χ0v) is 13.5. The van der Waals surface area contributed by atoms with Gasteiger partial charge in [0.2, 0.25) is 0 Å². The Bertz CT molecular complexity index is 549. The van der Waals surface area contributed by atoms with E-state index in [2.05, 4.69) is 21.2 Å². The average Bonchev–Trinajstić information content (AvgIpc) is 2.85. The molecule has 6 heteroatoms. The molecule has 1 aliphatic rings. The summed E-state index contributed by atoms with van der Waals surface area (Å²) in [6.45, 7) is 2.97. The van der Waals surface area contributed by atoms with E-state index in [1.165, 1.54) is 0 Å². The Balaban J connectivity index is 1.81. The van der Waals surface area contributed by atoms with Crippen molar-refractivity contribution >= 4 is 27.9 Å². The molecule has 5 nitrogen and oxygen atoms in total. The van der Waals surface area contributed by atoms with E-state index in [0.29, 0.717) is 19.5 Å². The largest absolute Gasteiger partial charge is 0.481 e. The van der Waals surface area contributed by atoms with Crippen LogP contribution < -0.4 is 5.32 Å². The molecule has 0 radical (unpaired) electrons. The van der Waals surface area contributed by atoms with E-state index in [9.17, 15) is 9.59 Å². The highest BCUT2D eigenvalue weighted by atomic mass is 79.9. The van der Waals surface area contributed by atoms with Gasteiger partial charge >= 0.3 is 12.0 Å². The summed E-state index contributed by atoms with van der Waals surface area (Å²) in [5.74, 6) is -0.842. The monoisotopic (exact) mass is 354 g/mol. The second-order valence-electron chi connectivity index (χ2n) is 5.61. The number of nitrogens with zero attached hydrogens (tertiary/aromatic N) is 1. The maximum Gasteiger partial charge on any atom is 0.317 e. The third kappa shape index (κ3) is 3.75. The first-order chi connectivity index (χ1) is 9.92. The summed E-state index contributed by atoms with van der Waals surface area (Å²) in [6, 6.07) is 7.69. The number of carboxylic acid groups (broad SMARTS) is 1. The molecule has 1 atom stereocenters. The number of rotatable bonds is 4. The molecule has 114 valence electrons. The van der Waals surface area contributed by atoms with Crippen molar-refractivity contribution in [2.24, 2.45) is 5.41 Å². The van der Waals surface area contributed by atoms with Gasteiger partial charge in [-0.05, 0) is 31.4 Å². The summed E-state index contributed by atoms with van der Waals surface area (Å²) in [5, 5.41) is 12.0. The molecule has 21 heavy (non-hydrogen) atoms. The van der Waals surface area contributed by atoms with E-state index in [4.69, 9.17) is 5.11 Å². The minimum absolute atomic E-state index is 0.188. The predicted octanol–water partition coefficient (Wildman–Crippen LogP) is 2.50. The molecule has 0 spiro atoms. The molecule has 1 saturated heterocycles. The maximum absolute atomic E-state index is 12.0. The summed E-state index contributed by atoms with van der Waals surface area (Å²) < 4.78 is 1.03. The lowest BCUT2D eigenvalue weighted by Crippen LogP contribution is -2.41. The molecule has 1 aromatic rings. The summed E-state index contributed by atoms with van der Waals surface area (Å²) in [4.78, 5) is 24.8. The van der Waals surface area contributed by atoms with Crippen molar-refractivity contribution < 1.29 is 14.7 Å². The van der Waals surface area contributed by atoms with Gasteiger partial charge in [-0.2, -0.15) is 0 Å². The smallest absolute Gasteiger partial charge is 0.317 e. The summed E-state index contributed by atoms with van der Waals surface area (Å²) in [5.41, 5.74) is 0.314. The molecule has 0 aromatic heterocycles. The van der Waals surface area contributed by atoms with Crippen LogP contribution in [-0.2, 0) is 11.2 Å². The van der Waals surface area contributed by atoms with Gasteiger partial charge in [0.1, 0.15) is 0 Å². The number of carbonyl (C=O) groups is 2. The molecular formula is C15H19BrN2O3. The number of urea groups is 1. The van der Waals surface area contributed by atoms with E-state index in [1.807, 2.05) is 24.3 Å². The fraction of sp³-hybridized carbons (Fsp3) is 0.467. The van der Waals surface area contributed by atoms with Gasteiger partial charge < -0.3 is 15.3 Å². The van der Waals surface area contributed by atoms with Crippen LogP contribution in [0.15, 0.2) is 28.7 Å². The van der Waals surface area contributed by atoms with Crippen LogP contribution in [0.1, 0.15) is 18.9 Å². The molecule has 0 aliphatic carbocycles. The lowest BCUT2D eigenvalue weighted by atomic mass is 9.90. The Labute approximate surface area is 132 Å². The average molecular weight is 355 g/mol. The third-order valence-corrected chi connectivity index (χ3v) is 4.68. The molecule has 1 fully saturated rings. The molecule has 0 saturated carbocycles. The minimum Gasteiger partial charge on any atom is -0.481 e. The number of benzene rings is 1. The molecule has 1 unspecified atom stereocenters. The highest BCUT2D eigenvalue weighted by molar-refractivity contribution is 9.10. The van der Waals surface area contributed by atoms with Crippen LogP contribution in [0.5, 0.6) is 0 Å². The fourth-order valence-electron chi connectivity index (χ4n) is 2.43. The minimum atomic E-state index is -0.842. The van der Waals surface area contributed by atoms with E-state index in [1.54, 1.807) is 11.8 Å². The number of hydrogen-bond acceptors (Lipinski definition) is 2. The third-order valence-electron chi connectivity index (χ3n) is 3.91. The Morgan fingerprint density at radius 2 is 2.14 bits per heavy atom. The lowest BCUT2D eigenvalue weighted by Gasteiger charge is -2.20. The number of carbonyl (C=O) groups excluding carboxylic acids is 1. The van der Waals surface area contributed by atoms with Crippen molar-refractivity contribution in [3.8, 4) is 0 Å². The van der Waals surface area contributed by atoms with Crippen LogP contribution in [0.3, 0.4) is 0 Å². The standard InChI is InChI=1S/C15H19BrN2O3/c1-15(13(19)20)7-9-18(10-15)14(21)17-8-6-11-4-2-3-5-12(11)16/h2-5H,6-10H2,1H3,(H,17,21)(H,19,20). The molecule has 0 bridgehead atoms. The lowest BCUT2D eigenvalue weighted by molar-refractivity contribution is -0.146. The van der Waals surface area contributed by atoms with E-state index >= 15 is 0 Å². The number of carboxylic acids is 1. The van der Waals surface area contributed by atoms with Gasteiger partial charge in [0.25, 0.3) is 0 Å². The van der Waals surface area contributed by atoms with Gasteiger partial charge in [0.15, 0.2) is 0 Å². The first-order valence-corrected chi connectivity index (χ1v) is 7.71. The second-order valence-corrected chi connectivity index (χ2v) is 6.47. The highest BCUT2D eigenvalue weighted by Gasteiger charge is 2.42. The van der Waals surface area contributed by atoms with Gasteiger partial charge in [-0.25, -0.2) is 4.79 Å². The Hall–Kier alpha value is -1.56. The summed E-state index contributed by atoms with van der Waals surface area (Å²) in [6.07, 6.45) is 1.23. The normalized spacial score (nSPS) is 21.3. The Morgan fingerprint density at radius 3 is 2.76 bits per heavy atom. The first-order valence-electron chi connectivity index (χ1n) is 6.92. The van der Waals surface area contributed by atoms with Crippen LogP contribution in [0, 0.1) is 5.41 Å². The van der Waals surface area contributed by atoms with Crippen LogP contribution in [-0.4, -0.2) is 41.6 Å². The summed E-state index contributed by atoms with van der Waals surface area (Å²) in [7, 11) is 0. The van der Waals surface area contributed by atoms with Gasteiger partial charge in [-0.15, -0.1) is 0 Å². The number of aliphatic carboxylic acids is 1. The molecule has 1 aliphatic heterocycles. The fourth-order valence-corrected chi connectivity index (χ4v) is 2.91. The van der Waals surface area contributed by atoms with Crippen molar-refractivity contribution in [2.75, 3.05) is 19.6 Å². The van der Waals surface area contributed by atoms with Gasteiger partial charge in [-0.3, -0.25) is 4.79 Å². The molecule has 1 heterocycles. The Morgan fingerprint density at radius 1 is 1.43 bits per heavy atom. The molecular weight excluding hydrogens is 336 g/mol. The highest BCUT2D eigenvalue weighted by Crippen LogP contribution is 2.29.